The number of rotatable bonds is 4. The summed E-state index contributed by atoms with van der Waals surface area (Å²) in [4.78, 5) is 35.7. The minimum absolute atomic E-state index is 0.0731. The molecule has 1 unspecified atom stereocenters. The highest BCUT2D eigenvalue weighted by molar-refractivity contribution is 5.81. The lowest BCUT2D eigenvalue weighted by Gasteiger charge is -2.32. The average Bonchev–Trinajstić information content (AvgIpc) is 2.61. The highest BCUT2D eigenvalue weighted by Gasteiger charge is 2.25. The maximum Gasteiger partial charge on any atom is 0.258 e. The molecule has 0 spiro atoms. The minimum Gasteiger partial charge on any atom is -0.378 e. The second kappa shape index (κ2) is 7.11. The van der Waals surface area contributed by atoms with E-state index >= 15 is 0 Å². The largest absolute Gasteiger partial charge is 0.378 e. The number of H-pyrrole nitrogens is 1. The van der Waals surface area contributed by atoms with Crippen molar-refractivity contribution in [3.63, 3.8) is 0 Å². The molecule has 0 radical (unpaired) electrons. The van der Waals surface area contributed by atoms with Crippen LogP contribution in [0.25, 0.3) is 10.9 Å². The van der Waals surface area contributed by atoms with E-state index in [4.69, 9.17) is 4.74 Å². The first-order valence-corrected chi connectivity index (χ1v) is 8.11. The fraction of sp³-hybridized carbons (Fsp3) is 0.471. The molecule has 0 bridgehead atoms. The van der Waals surface area contributed by atoms with Crippen LogP contribution in [0.4, 0.5) is 0 Å². The number of benzene rings is 1. The van der Waals surface area contributed by atoms with Gasteiger partial charge in [-0.3, -0.25) is 14.5 Å². The Morgan fingerprint density at radius 2 is 2.08 bits per heavy atom. The summed E-state index contributed by atoms with van der Waals surface area (Å²) < 4.78 is 5.28. The van der Waals surface area contributed by atoms with E-state index in [1.54, 1.807) is 6.07 Å². The highest BCUT2D eigenvalue weighted by Crippen LogP contribution is 2.10. The number of morpholine rings is 1. The number of carbonyl (C=O) groups is 1. The van der Waals surface area contributed by atoms with Crippen LogP contribution in [0.2, 0.25) is 0 Å². The van der Waals surface area contributed by atoms with Gasteiger partial charge in [-0.15, -0.1) is 0 Å². The van der Waals surface area contributed by atoms with Crippen LogP contribution in [0.5, 0.6) is 0 Å². The van der Waals surface area contributed by atoms with Crippen molar-refractivity contribution in [2.75, 3.05) is 33.4 Å². The van der Waals surface area contributed by atoms with Crippen LogP contribution in [-0.4, -0.2) is 65.1 Å². The van der Waals surface area contributed by atoms with E-state index in [0.29, 0.717) is 49.6 Å². The van der Waals surface area contributed by atoms with Crippen LogP contribution in [0.15, 0.2) is 29.1 Å². The van der Waals surface area contributed by atoms with Gasteiger partial charge in [0.1, 0.15) is 5.82 Å². The first-order chi connectivity index (χ1) is 11.6. The second-order valence-electron chi connectivity index (χ2n) is 6.06. The fourth-order valence-electron chi connectivity index (χ4n) is 2.82. The summed E-state index contributed by atoms with van der Waals surface area (Å²) in [7, 11) is 1.86. The van der Waals surface area contributed by atoms with Crippen LogP contribution in [-0.2, 0) is 16.1 Å². The average molecular weight is 330 g/mol. The Morgan fingerprint density at radius 1 is 1.38 bits per heavy atom. The third-order valence-corrected chi connectivity index (χ3v) is 4.40. The third-order valence-electron chi connectivity index (χ3n) is 4.40. The molecule has 1 atom stereocenters. The Balaban J connectivity index is 1.73. The Kier molecular flexibility index (Phi) is 4.92. The predicted octanol–water partition coefficient (Wildman–Crippen LogP) is 0.602. The van der Waals surface area contributed by atoms with Crippen LogP contribution >= 0.6 is 0 Å². The van der Waals surface area contributed by atoms with Crippen LogP contribution in [0.1, 0.15) is 12.7 Å². The van der Waals surface area contributed by atoms with Crippen molar-refractivity contribution >= 4 is 16.8 Å². The Hall–Kier alpha value is -2.25. The van der Waals surface area contributed by atoms with Crippen molar-refractivity contribution in [2.24, 2.45) is 0 Å². The molecule has 0 aliphatic carbocycles. The Labute approximate surface area is 140 Å². The van der Waals surface area contributed by atoms with Crippen LogP contribution in [0.3, 0.4) is 0 Å². The number of aromatic nitrogens is 2. The van der Waals surface area contributed by atoms with Gasteiger partial charge in [0.05, 0.1) is 36.7 Å². The molecule has 128 valence electrons. The number of para-hydroxylation sites is 1. The number of fused-ring (bicyclic) bond motifs is 1. The van der Waals surface area contributed by atoms with Gasteiger partial charge in [0.25, 0.3) is 5.56 Å². The number of nitrogens with zero attached hydrogens (tertiary/aromatic N) is 3. The fourth-order valence-corrected chi connectivity index (χ4v) is 2.82. The van der Waals surface area contributed by atoms with Crippen molar-refractivity contribution in [3.8, 4) is 0 Å². The number of aromatic amines is 1. The van der Waals surface area contributed by atoms with Crippen LogP contribution in [0, 0.1) is 0 Å². The highest BCUT2D eigenvalue weighted by atomic mass is 16.5. The lowest BCUT2D eigenvalue weighted by atomic mass is 10.2. The topological polar surface area (TPSA) is 78.5 Å². The molecule has 1 aliphatic heterocycles. The van der Waals surface area contributed by atoms with Crippen molar-refractivity contribution in [2.45, 2.75) is 19.5 Å². The molecular weight excluding hydrogens is 308 g/mol. The molecule has 1 aromatic heterocycles. The zero-order valence-electron chi connectivity index (χ0n) is 14.0. The molecule has 3 rings (SSSR count). The molecule has 1 N–H and O–H groups in total. The van der Waals surface area contributed by atoms with E-state index in [0.717, 1.165) is 0 Å². The summed E-state index contributed by atoms with van der Waals surface area (Å²) >= 11 is 0. The number of nitrogens with one attached hydrogen (secondary N) is 1. The van der Waals surface area contributed by atoms with Crippen molar-refractivity contribution in [3.05, 3.63) is 40.4 Å². The molecule has 1 amide bonds. The SMILES string of the molecule is CC(C(=O)N1CCOCC1)N(C)Cc1nc2ccccc2c(=O)[nH]1. The van der Waals surface area contributed by atoms with E-state index in [9.17, 15) is 9.59 Å². The lowest BCUT2D eigenvalue weighted by molar-refractivity contribution is -0.140. The maximum atomic E-state index is 12.5. The third kappa shape index (κ3) is 3.47. The first-order valence-electron chi connectivity index (χ1n) is 8.11. The van der Waals surface area contributed by atoms with Crippen LogP contribution < -0.4 is 5.56 Å². The van der Waals surface area contributed by atoms with Gasteiger partial charge in [-0.05, 0) is 26.1 Å². The predicted molar refractivity (Wildman–Crippen MR) is 90.7 cm³/mol. The van der Waals surface area contributed by atoms with Gasteiger partial charge in [-0.25, -0.2) is 4.98 Å². The van der Waals surface area contributed by atoms with Gasteiger partial charge in [0.15, 0.2) is 0 Å². The first kappa shape index (κ1) is 16.6. The Morgan fingerprint density at radius 3 is 2.83 bits per heavy atom. The number of hydrogen-bond acceptors (Lipinski definition) is 5. The summed E-state index contributed by atoms with van der Waals surface area (Å²) in [5, 5.41) is 0.571. The number of hydrogen-bond donors (Lipinski definition) is 1. The molecule has 0 saturated carbocycles. The van der Waals surface area contributed by atoms with Gasteiger partial charge < -0.3 is 14.6 Å². The maximum absolute atomic E-state index is 12.5. The zero-order chi connectivity index (χ0) is 17.1. The molecule has 1 aliphatic rings. The quantitative estimate of drug-likeness (QED) is 0.888. The zero-order valence-corrected chi connectivity index (χ0v) is 14.0. The Bertz CT molecular complexity index is 783. The molecule has 2 aromatic rings. The second-order valence-corrected chi connectivity index (χ2v) is 6.06. The van der Waals surface area contributed by atoms with Gasteiger partial charge in [-0.1, -0.05) is 12.1 Å². The molecular formula is C17H22N4O3. The summed E-state index contributed by atoms with van der Waals surface area (Å²) in [5.41, 5.74) is 0.507. The van der Waals surface area contributed by atoms with E-state index in [1.165, 1.54) is 0 Å². The standard InChI is InChI=1S/C17H22N4O3/c1-12(17(23)21-7-9-24-10-8-21)20(2)11-15-18-14-6-4-3-5-13(14)16(22)19-15/h3-6,12H,7-11H2,1-2H3,(H,18,19,22). The molecule has 1 aromatic carbocycles. The van der Waals surface area contributed by atoms with E-state index in [-0.39, 0.29) is 17.5 Å². The van der Waals surface area contributed by atoms with Crippen molar-refractivity contribution in [1.82, 2.24) is 19.8 Å². The number of carbonyl (C=O) groups excluding carboxylic acids is 1. The monoisotopic (exact) mass is 330 g/mol. The van der Waals surface area contributed by atoms with Crippen molar-refractivity contribution in [1.29, 1.82) is 0 Å². The minimum atomic E-state index is -0.292. The van der Waals surface area contributed by atoms with Gasteiger partial charge >= 0.3 is 0 Å². The van der Waals surface area contributed by atoms with Gasteiger partial charge in [0.2, 0.25) is 5.91 Å². The summed E-state index contributed by atoms with van der Waals surface area (Å²) in [5.74, 6) is 0.631. The molecule has 1 saturated heterocycles. The number of amides is 1. The van der Waals surface area contributed by atoms with E-state index < -0.39 is 0 Å². The molecule has 24 heavy (non-hydrogen) atoms. The molecule has 2 heterocycles. The molecule has 7 nitrogen and oxygen atoms in total. The van der Waals surface area contributed by atoms with E-state index in [1.807, 2.05) is 42.0 Å². The lowest BCUT2D eigenvalue weighted by Crippen LogP contribution is -2.49. The van der Waals surface area contributed by atoms with Gasteiger partial charge in [0, 0.05) is 13.1 Å². The van der Waals surface area contributed by atoms with E-state index in [2.05, 4.69) is 9.97 Å². The number of ether oxygens (including phenoxy) is 1. The smallest absolute Gasteiger partial charge is 0.258 e. The molecule has 7 heteroatoms. The molecule has 1 fully saturated rings. The summed E-state index contributed by atoms with van der Waals surface area (Å²) in [6.45, 7) is 4.70. The normalized spacial score (nSPS) is 16.5. The number of likely N-dealkylation sites (N-methyl/N-ethyl adjacent to an activating group) is 1. The van der Waals surface area contributed by atoms with Gasteiger partial charge in [-0.2, -0.15) is 0 Å². The summed E-state index contributed by atoms with van der Waals surface area (Å²) in [6, 6.07) is 6.94. The van der Waals surface area contributed by atoms with Crippen molar-refractivity contribution < 1.29 is 9.53 Å². The summed E-state index contributed by atoms with van der Waals surface area (Å²) in [6.07, 6.45) is 0.